The fraction of sp³-hybridized carbons (Fsp3) is 0.172. The largest absolute Gasteiger partial charge is 0.362 e. The molecule has 4 nitrogen and oxygen atoms in total. The average molecular weight is 453 g/mol. The van der Waals surface area contributed by atoms with Gasteiger partial charge < -0.3 is 10.6 Å². The van der Waals surface area contributed by atoms with Crippen LogP contribution in [-0.4, -0.2) is 11.7 Å². The smallest absolute Gasteiger partial charge is 0.254 e. The van der Waals surface area contributed by atoms with Crippen LogP contribution in [0.4, 0.5) is 10.1 Å². The van der Waals surface area contributed by atoms with Crippen LogP contribution < -0.4 is 10.6 Å². The van der Waals surface area contributed by atoms with E-state index in [1.807, 2.05) is 55.5 Å². The van der Waals surface area contributed by atoms with Crippen molar-refractivity contribution in [3.63, 3.8) is 0 Å². The minimum Gasteiger partial charge on any atom is -0.362 e. The van der Waals surface area contributed by atoms with Gasteiger partial charge in [0, 0.05) is 34.9 Å². The Morgan fingerprint density at radius 3 is 2.18 bits per heavy atom. The highest BCUT2D eigenvalue weighted by Crippen LogP contribution is 2.45. The number of rotatable bonds is 4. The number of Topliss-reactive ketones (excluding diaryl/α,β-unsaturated/α-hetero) is 1. The monoisotopic (exact) mass is 452 g/mol. The number of ketones is 1. The van der Waals surface area contributed by atoms with Gasteiger partial charge in [-0.2, -0.15) is 0 Å². The standard InChI is InChI=1S/C29H25FN2O2/c1-18-26(29(34)32-23-15-9-8-14-22(23)30)27(20-12-6-3-7-13-20)28-24(31-18)16-21(17-25(28)33)19-10-4-2-5-11-19/h2-15,21,27,31H,16-17H2,1H3,(H,32,34). The lowest BCUT2D eigenvalue weighted by Gasteiger charge is -2.37. The Labute approximate surface area is 198 Å². The molecular formula is C29H25FN2O2. The molecule has 1 amide bonds. The van der Waals surface area contributed by atoms with Crippen LogP contribution in [0.15, 0.2) is 107 Å². The maximum atomic E-state index is 14.3. The number of allylic oxidation sites excluding steroid dienone is 3. The van der Waals surface area contributed by atoms with Crippen LogP contribution in [0.5, 0.6) is 0 Å². The van der Waals surface area contributed by atoms with Crippen LogP contribution in [0.1, 0.15) is 42.7 Å². The zero-order chi connectivity index (χ0) is 23.7. The SMILES string of the molecule is CC1=C(C(=O)Nc2ccccc2F)C(c2ccccc2)C2=C(CC(c3ccccc3)CC2=O)N1. The Kier molecular flexibility index (Phi) is 5.84. The summed E-state index contributed by atoms with van der Waals surface area (Å²) < 4.78 is 14.3. The molecule has 0 radical (unpaired) electrons. The first-order valence-corrected chi connectivity index (χ1v) is 11.4. The minimum absolute atomic E-state index is 0.0279. The second-order valence-electron chi connectivity index (χ2n) is 8.77. The highest BCUT2D eigenvalue weighted by molar-refractivity contribution is 6.10. The maximum Gasteiger partial charge on any atom is 0.254 e. The Bertz CT molecular complexity index is 1310. The molecule has 2 N–H and O–H groups in total. The zero-order valence-electron chi connectivity index (χ0n) is 18.8. The summed E-state index contributed by atoms with van der Waals surface area (Å²) in [7, 11) is 0. The van der Waals surface area contributed by atoms with E-state index < -0.39 is 17.6 Å². The molecular weight excluding hydrogens is 427 g/mol. The van der Waals surface area contributed by atoms with Crippen molar-refractivity contribution in [1.82, 2.24) is 5.32 Å². The number of carbonyl (C=O) groups excluding carboxylic acids is 2. The maximum absolute atomic E-state index is 14.3. The van der Waals surface area contributed by atoms with Gasteiger partial charge in [-0.3, -0.25) is 9.59 Å². The van der Waals surface area contributed by atoms with Gasteiger partial charge in [0.2, 0.25) is 0 Å². The molecule has 0 fully saturated rings. The van der Waals surface area contributed by atoms with E-state index in [1.165, 1.54) is 12.1 Å². The van der Waals surface area contributed by atoms with Crippen molar-refractivity contribution in [3.8, 4) is 0 Å². The average Bonchev–Trinajstić information content (AvgIpc) is 2.85. The second-order valence-corrected chi connectivity index (χ2v) is 8.77. The summed E-state index contributed by atoms with van der Waals surface area (Å²) in [6.45, 7) is 1.84. The normalized spacial score (nSPS) is 20.0. The number of amides is 1. The molecule has 1 heterocycles. The van der Waals surface area contributed by atoms with Gasteiger partial charge in [-0.1, -0.05) is 72.8 Å². The lowest BCUT2D eigenvalue weighted by atomic mass is 9.71. The zero-order valence-corrected chi connectivity index (χ0v) is 18.8. The van der Waals surface area contributed by atoms with Gasteiger partial charge in [0.25, 0.3) is 5.91 Å². The number of nitrogens with one attached hydrogen (secondary N) is 2. The number of hydrogen-bond acceptors (Lipinski definition) is 3. The van der Waals surface area contributed by atoms with Crippen LogP contribution in [0.25, 0.3) is 0 Å². The molecule has 3 aromatic rings. The molecule has 2 unspecified atom stereocenters. The van der Waals surface area contributed by atoms with Gasteiger partial charge in [0.05, 0.1) is 5.69 Å². The van der Waals surface area contributed by atoms with Crippen molar-refractivity contribution >= 4 is 17.4 Å². The van der Waals surface area contributed by atoms with E-state index in [1.54, 1.807) is 12.1 Å². The predicted octanol–water partition coefficient (Wildman–Crippen LogP) is 5.83. The van der Waals surface area contributed by atoms with E-state index in [-0.39, 0.29) is 17.4 Å². The summed E-state index contributed by atoms with van der Waals surface area (Å²) in [6.07, 6.45) is 1.07. The summed E-state index contributed by atoms with van der Waals surface area (Å²) in [5.41, 5.74) is 4.69. The number of para-hydroxylation sites is 1. The molecule has 0 saturated heterocycles. The number of hydrogen-bond donors (Lipinski definition) is 2. The van der Waals surface area contributed by atoms with Gasteiger partial charge in [0.1, 0.15) is 5.82 Å². The lowest BCUT2D eigenvalue weighted by molar-refractivity contribution is -0.116. The highest BCUT2D eigenvalue weighted by Gasteiger charge is 2.40. The van der Waals surface area contributed by atoms with Crippen LogP contribution in [-0.2, 0) is 9.59 Å². The van der Waals surface area contributed by atoms with E-state index in [2.05, 4.69) is 22.8 Å². The van der Waals surface area contributed by atoms with Crippen LogP contribution in [0, 0.1) is 5.82 Å². The van der Waals surface area contributed by atoms with Crippen LogP contribution >= 0.6 is 0 Å². The van der Waals surface area contributed by atoms with E-state index >= 15 is 0 Å². The fourth-order valence-electron chi connectivity index (χ4n) is 5.03. The highest BCUT2D eigenvalue weighted by atomic mass is 19.1. The quantitative estimate of drug-likeness (QED) is 0.524. The topological polar surface area (TPSA) is 58.2 Å². The molecule has 0 spiro atoms. The molecule has 1 aliphatic carbocycles. The first kappa shape index (κ1) is 21.8. The third-order valence-electron chi connectivity index (χ3n) is 6.60. The second kappa shape index (κ2) is 9.10. The van der Waals surface area contributed by atoms with Gasteiger partial charge in [-0.25, -0.2) is 4.39 Å². The predicted molar refractivity (Wildman–Crippen MR) is 130 cm³/mol. The molecule has 3 aromatic carbocycles. The lowest BCUT2D eigenvalue weighted by Crippen LogP contribution is -2.37. The Balaban J connectivity index is 1.56. The van der Waals surface area contributed by atoms with E-state index in [0.717, 1.165) is 16.8 Å². The molecule has 170 valence electrons. The Hall–Kier alpha value is -3.99. The molecule has 2 aliphatic rings. The first-order chi connectivity index (χ1) is 16.5. The summed E-state index contributed by atoms with van der Waals surface area (Å²) in [5, 5.41) is 6.07. The summed E-state index contributed by atoms with van der Waals surface area (Å²) >= 11 is 0. The number of benzene rings is 3. The molecule has 2 atom stereocenters. The molecule has 0 aromatic heterocycles. The van der Waals surface area contributed by atoms with Gasteiger partial charge in [-0.15, -0.1) is 0 Å². The third-order valence-corrected chi connectivity index (χ3v) is 6.60. The van der Waals surface area contributed by atoms with Crippen LogP contribution in [0.3, 0.4) is 0 Å². The number of dihydropyridines is 1. The van der Waals surface area contributed by atoms with Crippen LogP contribution in [0.2, 0.25) is 0 Å². The molecule has 1 aliphatic heterocycles. The van der Waals surface area contributed by atoms with Crippen molar-refractivity contribution in [1.29, 1.82) is 0 Å². The van der Waals surface area contributed by atoms with Crippen molar-refractivity contribution in [2.45, 2.75) is 31.6 Å². The van der Waals surface area contributed by atoms with Gasteiger partial charge in [-0.05, 0) is 42.5 Å². The summed E-state index contributed by atoms with van der Waals surface area (Å²) in [4.78, 5) is 27.0. The van der Waals surface area contributed by atoms with E-state index in [4.69, 9.17) is 0 Å². The Morgan fingerprint density at radius 2 is 1.50 bits per heavy atom. The van der Waals surface area contributed by atoms with E-state index in [0.29, 0.717) is 29.7 Å². The molecule has 0 saturated carbocycles. The van der Waals surface area contributed by atoms with Crippen molar-refractivity contribution in [2.24, 2.45) is 0 Å². The van der Waals surface area contributed by atoms with Gasteiger partial charge in [0.15, 0.2) is 5.78 Å². The van der Waals surface area contributed by atoms with Crippen molar-refractivity contribution in [3.05, 3.63) is 124 Å². The third kappa shape index (κ3) is 4.05. The summed E-state index contributed by atoms with van der Waals surface area (Å²) in [5.74, 6) is -1.34. The first-order valence-electron chi connectivity index (χ1n) is 11.4. The number of anilines is 1. The summed E-state index contributed by atoms with van der Waals surface area (Å²) in [6, 6.07) is 25.7. The van der Waals surface area contributed by atoms with Crippen molar-refractivity contribution < 1.29 is 14.0 Å². The Morgan fingerprint density at radius 1 is 0.882 bits per heavy atom. The molecule has 0 bridgehead atoms. The minimum atomic E-state index is -0.520. The van der Waals surface area contributed by atoms with Crippen molar-refractivity contribution in [2.75, 3.05) is 5.32 Å². The fourth-order valence-corrected chi connectivity index (χ4v) is 5.03. The molecule has 5 heteroatoms. The number of halogens is 1. The van der Waals surface area contributed by atoms with Gasteiger partial charge >= 0.3 is 0 Å². The number of carbonyl (C=O) groups is 2. The van der Waals surface area contributed by atoms with E-state index in [9.17, 15) is 14.0 Å². The molecule has 5 rings (SSSR count). The molecule has 34 heavy (non-hydrogen) atoms.